The van der Waals surface area contributed by atoms with Gasteiger partial charge in [-0.05, 0) is 34.6 Å². The third-order valence-corrected chi connectivity index (χ3v) is 7.10. The van der Waals surface area contributed by atoms with Crippen molar-refractivity contribution in [3.63, 3.8) is 0 Å². The van der Waals surface area contributed by atoms with E-state index >= 15 is 0 Å². The van der Waals surface area contributed by atoms with Crippen molar-refractivity contribution in [1.82, 2.24) is 10.6 Å². The summed E-state index contributed by atoms with van der Waals surface area (Å²) >= 11 is 0. The number of carboxylic acid groups (broad SMARTS) is 1. The van der Waals surface area contributed by atoms with Crippen LogP contribution in [-0.4, -0.2) is 55.0 Å². The smallest absolute Gasteiger partial charge is 0.407 e. The minimum absolute atomic E-state index is 0.0324. The van der Waals surface area contributed by atoms with E-state index in [4.69, 9.17) is 9.47 Å². The third kappa shape index (κ3) is 5.32. The first-order valence-corrected chi connectivity index (χ1v) is 12.1. The van der Waals surface area contributed by atoms with Gasteiger partial charge in [-0.1, -0.05) is 68.8 Å². The first-order valence-electron chi connectivity index (χ1n) is 12.1. The second-order valence-corrected chi connectivity index (χ2v) is 9.26. The molecule has 4 rings (SSSR count). The van der Waals surface area contributed by atoms with Crippen LogP contribution in [0.25, 0.3) is 11.1 Å². The molecule has 186 valence electrons. The minimum atomic E-state index is -1.07. The number of hydrogen-bond donors (Lipinski definition) is 3. The summed E-state index contributed by atoms with van der Waals surface area (Å²) in [4.78, 5) is 36.8. The van der Waals surface area contributed by atoms with Gasteiger partial charge < -0.3 is 25.2 Å². The molecule has 1 aliphatic carbocycles. The fourth-order valence-electron chi connectivity index (χ4n) is 4.92. The summed E-state index contributed by atoms with van der Waals surface area (Å²) < 4.78 is 11.1. The molecule has 8 nitrogen and oxygen atoms in total. The Balaban J connectivity index is 1.31. The lowest BCUT2D eigenvalue weighted by atomic mass is 9.97. The lowest BCUT2D eigenvalue weighted by Gasteiger charge is -2.24. The largest absolute Gasteiger partial charge is 0.480 e. The average Bonchev–Trinajstić information content (AvgIpc) is 3.47. The van der Waals surface area contributed by atoms with Gasteiger partial charge in [0.2, 0.25) is 5.91 Å². The Labute approximate surface area is 205 Å². The first-order chi connectivity index (χ1) is 16.9. The van der Waals surface area contributed by atoms with Crippen molar-refractivity contribution in [2.75, 3.05) is 19.8 Å². The Morgan fingerprint density at radius 2 is 1.71 bits per heavy atom. The van der Waals surface area contributed by atoms with Gasteiger partial charge in [0.1, 0.15) is 18.8 Å². The van der Waals surface area contributed by atoms with E-state index in [2.05, 4.69) is 34.9 Å². The van der Waals surface area contributed by atoms with Gasteiger partial charge in [0.25, 0.3) is 0 Å². The molecular formula is C27H32N2O6. The van der Waals surface area contributed by atoms with Gasteiger partial charge in [-0.3, -0.25) is 4.79 Å². The highest BCUT2D eigenvalue weighted by atomic mass is 16.5. The number of carboxylic acids is 1. The molecule has 2 aromatic rings. The van der Waals surface area contributed by atoms with Crippen LogP contribution in [0.2, 0.25) is 0 Å². The zero-order chi connectivity index (χ0) is 24.9. The molecule has 8 heteroatoms. The molecule has 2 amide bonds. The molecule has 3 N–H and O–H groups in total. The maximum Gasteiger partial charge on any atom is 0.407 e. The van der Waals surface area contributed by atoms with E-state index in [1.54, 1.807) is 6.92 Å². The molecule has 0 radical (unpaired) electrons. The topological polar surface area (TPSA) is 114 Å². The van der Waals surface area contributed by atoms with Crippen LogP contribution < -0.4 is 10.6 Å². The van der Waals surface area contributed by atoms with Crippen molar-refractivity contribution in [3.05, 3.63) is 59.7 Å². The molecule has 0 bridgehead atoms. The number of nitrogens with one attached hydrogen (secondary N) is 2. The van der Waals surface area contributed by atoms with Crippen molar-refractivity contribution in [2.24, 2.45) is 11.8 Å². The highest BCUT2D eigenvalue weighted by Gasteiger charge is 2.37. The lowest BCUT2D eigenvalue weighted by molar-refractivity contribution is -0.145. The number of ether oxygens (including phenoxy) is 2. The van der Waals surface area contributed by atoms with Crippen LogP contribution in [0.15, 0.2) is 48.5 Å². The Bertz CT molecular complexity index is 1040. The van der Waals surface area contributed by atoms with Gasteiger partial charge in [-0.2, -0.15) is 0 Å². The fourth-order valence-corrected chi connectivity index (χ4v) is 4.92. The average molecular weight is 481 g/mol. The quantitative estimate of drug-likeness (QED) is 0.506. The highest BCUT2D eigenvalue weighted by Crippen LogP contribution is 2.44. The first kappa shape index (κ1) is 24.7. The summed E-state index contributed by atoms with van der Waals surface area (Å²) in [5.41, 5.74) is 4.59. The molecule has 2 aromatic carbocycles. The molecule has 35 heavy (non-hydrogen) atoms. The van der Waals surface area contributed by atoms with E-state index in [9.17, 15) is 19.5 Å². The monoisotopic (exact) mass is 480 g/mol. The SMILES string of the molecule is CCC(C)[C@H](NC(=O)[C@@H]1OCC[C@@H]1CNC(=O)OCC1c2ccccc2-c2ccccc21)C(=O)O. The van der Waals surface area contributed by atoms with Crippen LogP contribution in [0, 0.1) is 11.8 Å². The Kier molecular flexibility index (Phi) is 7.70. The molecule has 1 fully saturated rings. The van der Waals surface area contributed by atoms with Crippen molar-refractivity contribution >= 4 is 18.0 Å². The van der Waals surface area contributed by atoms with Gasteiger partial charge in [0, 0.05) is 25.0 Å². The van der Waals surface area contributed by atoms with E-state index in [1.165, 1.54) is 0 Å². The maximum atomic E-state index is 12.7. The Hall–Kier alpha value is -3.39. The molecule has 1 aliphatic heterocycles. The number of aliphatic carboxylic acids is 1. The molecular weight excluding hydrogens is 448 g/mol. The van der Waals surface area contributed by atoms with Crippen LogP contribution in [0.4, 0.5) is 4.79 Å². The van der Waals surface area contributed by atoms with E-state index in [0.717, 1.165) is 22.3 Å². The van der Waals surface area contributed by atoms with Crippen LogP contribution in [0.5, 0.6) is 0 Å². The predicted molar refractivity (Wildman–Crippen MR) is 130 cm³/mol. The number of carbonyl (C=O) groups excluding carboxylic acids is 2. The summed E-state index contributed by atoms with van der Waals surface area (Å²) in [6, 6.07) is 15.3. The van der Waals surface area contributed by atoms with Crippen LogP contribution >= 0.6 is 0 Å². The van der Waals surface area contributed by atoms with E-state index < -0.39 is 30.1 Å². The summed E-state index contributed by atoms with van der Waals surface area (Å²) in [7, 11) is 0. The van der Waals surface area contributed by atoms with Crippen molar-refractivity contribution in [2.45, 2.75) is 44.8 Å². The Morgan fingerprint density at radius 3 is 2.31 bits per heavy atom. The van der Waals surface area contributed by atoms with Crippen molar-refractivity contribution in [3.8, 4) is 11.1 Å². The van der Waals surface area contributed by atoms with Gasteiger partial charge in [-0.15, -0.1) is 0 Å². The number of benzene rings is 2. The summed E-state index contributed by atoms with van der Waals surface area (Å²) in [5.74, 6) is -2.04. The van der Waals surface area contributed by atoms with Crippen LogP contribution in [-0.2, 0) is 19.1 Å². The van der Waals surface area contributed by atoms with Crippen molar-refractivity contribution < 1.29 is 29.0 Å². The van der Waals surface area contributed by atoms with E-state index in [-0.39, 0.29) is 30.9 Å². The number of carbonyl (C=O) groups is 3. The number of amides is 2. The standard InChI is InChI=1S/C27H32N2O6/c1-3-16(2)23(26(31)32)29-25(30)24-17(12-13-34-24)14-28-27(33)35-15-22-20-10-6-4-8-18(20)19-9-5-7-11-21(19)22/h4-11,16-17,22-24H,3,12-15H2,1-2H3,(H,28,33)(H,29,30)(H,31,32)/t16?,17-,23+,24-/m1/s1. The molecule has 1 unspecified atom stereocenters. The summed E-state index contributed by atoms with van der Waals surface area (Å²) in [6.07, 6.45) is -0.158. The molecule has 1 heterocycles. The summed E-state index contributed by atoms with van der Waals surface area (Å²) in [6.45, 7) is 4.44. The lowest BCUT2D eigenvalue weighted by Crippen LogP contribution is -2.50. The van der Waals surface area contributed by atoms with Gasteiger partial charge >= 0.3 is 12.1 Å². The fraction of sp³-hybridized carbons (Fsp3) is 0.444. The highest BCUT2D eigenvalue weighted by molar-refractivity contribution is 5.87. The molecule has 1 saturated heterocycles. The number of hydrogen-bond acceptors (Lipinski definition) is 5. The zero-order valence-corrected chi connectivity index (χ0v) is 20.0. The number of fused-ring (bicyclic) bond motifs is 3. The minimum Gasteiger partial charge on any atom is -0.480 e. The predicted octanol–water partition coefficient (Wildman–Crippen LogP) is 3.55. The third-order valence-electron chi connectivity index (χ3n) is 7.10. The van der Waals surface area contributed by atoms with Gasteiger partial charge in [0.05, 0.1) is 0 Å². The van der Waals surface area contributed by atoms with Gasteiger partial charge in [0.15, 0.2) is 0 Å². The number of rotatable bonds is 9. The number of alkyl carbamates (subject to hydrolysis) is 1. The normalized spacial score (nSPS) is 20.4. The van der Waals surface area contributed by atoms with Crippen molar-refractivity contribution in [1.29, 1.82) is 0 Å². The van der Waals surface area contributed by atoms with Crippen LogP contribution in [0.1, 0.15) is 43.7 Å². The van der Waals surface area contributed by atoms with E-state index in [1.807, 2.05) is 31.2 Å². The van der Waals surface area contributed by atoms with Crippen LogP contribution in [0.3, 0.4) is 0 Å². The van der Waals surface area contributed by atoms with E-state index in [0.29, 0.717) is 19.4 Å². The molecule has 2 aliphatic rings. The van der Waals surface area contributed by atoms with Gasteiger partial charge in [-0.25, -0.2) is 9.59 Å². The summed E-state index contributed by atoms with van der Waals surface area (Å²) in [5, 5.41) is 14.8. The zero-order valence-electron chi connectivity index (χ0n) is 20.0. The molecule has 0 aromatic heterocycles. The Morgan fingerprint density at radius 1 is 1.09 bits per heavy atom. The second kappa shape index (κ2) is 10.9. The maximum absolute atomic E-state index is 12.7. The molecule has 4 atom stereocenters. The molecule has 0 spiro atoms. The second-order valence-electron chi connectivity index (χ2n) is 9.26. The molecule has 0 saturated carbocycles.